The third-order valence-electron chi connectivity index (χ3n) is 2.77. The van der Waals surface area contributed by atoms with E-state index in [9.17, 15) is 8.42 Å². The monoisotopic (exact) mass is 241 g/mol. The van der Waals surface area contributed by atoms with Crippen molar-refractivity contribution in [2.24, 2.45) is 5.92 Å². The molecule has 0 spiro atoms. The molecular weight excluding hydrogens is 222 g/mol. The Morgan fingerprint density at radius 3 is 2.19 bits per heavy atom. The van der Waals surface area contributed by atoms with Gasteiger partial charge in [0.15, 0.2) is 0 Å². The molecule has 1 aromatic carbocycles. The Balaban J connectivity index is 2.67. The maximum absolute atomic E-state index is 11.9. The molecule has 0 bridgehead atoms. The summed E-state index contributed by atoms with van der Waals surface area (Å²) in [6, 6.07) is 8.47. The lowest BCUT2D eigenvalue weighted by Crippen LogP contribution is -2.29. The molecule has 90 valence electrons. The molecule has 0 fully saturated rings. The lowest BCUT2D eigenvalue weighted by Gasteiger charge is -2.13. The van der Waals surface area contributed by atoms with E-state index in [1.807, 2.05) is 0 Å². The van der Waals surface area contributed by atoms with Gasteiger partial charge in [0.25, 0.3) is 0 Å². The van der Waals surface area contributed by atoms with Crippen molar-refractivity contribution in [2.75, 3.05) is 6.54 Å². The lowest BCUT2D eigenvalue weighted by atomic mass is 10.0. The second-order valence-corrected chi connectivity index (χ2v) is 5.61. The number of nitrogens with one attached hydrogen (secondary N) is 1. The van der Waals surface area contributed by atoms with Gasteiger partial charge >= 0.3 is 0 Å². The van der Waals surface area contributed by atoms with Crippen molar-refractivity contribution >= 4 is 10.0 Å². The Hall–Kier alpha value is -0.870. The van der Waals surface area contributed by atoms with Gasteiger partial charge < -0.3 is 0 Å². The van der Waals surface area contributed by atoms with Crippen LogP contribution in [0.5, 0.6) is 0 Å². The summed E-state index contributed by atoms with van der Waals surface area (Å²) in [5.74, 6) is 0.415. The zero-order valence-electron chi connectivity index (χ0n) is 9.81. The van der Waals surface area contributed by atoms with Crippen molar-refractivity contribution in [3.05, 3.63) is 30.3 Å². The minimum Gasteiger partial charge on any atom is -0.211 e. The highest BCUT2D eigenvalue weighted by molar-refractivity contribution is 7.89. The predicted molar refractivity (Wildman–Crippen MR) is 65.7 cm³/mol. The van der Waals surface area contributed by atoms with Crippen LogP contribution in [0.25, 0.3) is 0 Å². The van der Waals surface area contributed by atoms with Crippen molar-refractivity contribution in [3.8, 4) is 0 Å². The van der Waals surface area contributed by atoms with Gasteiger partial charge in [0.2, 0.25) is 10.0 Å². The fourth-order valence-corrected chi connectivity index (χ4v) is 2.63. The molecule has 0 unspecified atom stereocenters. The van der Waals surface area contributed by atoms with Crippen molar-refractivity contribution in [3.63, 3.8) is 0 Å². The number of sulfonamides is 1. The Morgan fingerprint density at radius 2 is 1.69 bits per heavy atom. The molecule has 0 radical (unpaired) electrons. The Morgan fingerprint density at radius 1 is 1.12 bits per heavy atom. The second-order valence-electron chi connectivity index (χ2n) is 3.85. The van der Waals surface area contributed by atoms with E-state index in [4.69, 9.17) is 0 Å². The summed E-state index contributed by atoms with van der Waals surface area (Å²) in [7, 11) is -3.33. The van der Waals surface area contributed by atoms with Gasteiger partial charge in [0, 0.05) is 6.54 Å². The van der Waals surface area contributed by atoms with Crippen LogP contribution in [0, 0.1) is 5.92 Å². The standard InChI is InChI=1S/C12H19NO2S/c1-3-11(4-2)10-13-16(14,15)12-8-6-5-7-9-12/h5-9,11,13H,3-4,10H2,1-2H3. The zero-order valence-corrected chi connectivity index (χ0v) is 10.6. The van der Waals surface area contributed by atoms with Crippen molar-refractivity contribution < 1.29 is 8.42 Å². The molecule has 16 heavy (non-hydrogen) atoms. The predicted octanol–water partition coefficient (Wildman–Crippen LogP) is 2.40. The summed E-state index contributed by atoms with van der Waals surface area (Å²) >= 11 is 0. The highest BCUT2D eigenvalue weighted by Gasteiger charge is 2.14. The molecule has 0 heterocycles. The molecule has 0 aliphatic rings. The average molecular weight is 241 g/mol. The molecule has 0 saturated carbocycles. The molecule has 0 saturated heterocycles. The molecular formula is C12H19NO2S. The molecule has 0 aliphatic heterocycles. The number of benzene rings is 1. The zero-order chi connectivity index (χ0) is 12.0. The van der Waals surface area contributed by atoms with E-state index in [-0.39, 0.29) is 0 Å². The maximum Gasteiger partial charge on any atom is 0.240 e. The smallest absolute Gasteiger partial charge is 0.211 e. The molecule has 1 N–H and O–H groups in total. The third kappa shape index (κ3) is 3.61. The van der Waals surface area contributed by atoms with E-state index in [2.05, 4.69) is 18.6 Å². The van der Waals surface area contributed by atoms with Gasteiger partial charge in [-0.1, -0.05) is 44.9 Å². The number of hydrogen-bond donors (Lipinski definition) is 1. The van der Waals surface area contributed by atoms with Gasteiger partial charge in [-0.05, 0) is 18.1 Å². The highest BCUT2D eigenvalue weighted by Crippen LogP contribution is 2.10. The first kappa shape index (κ1) is 13.2. The van der Waals surface area contributed by atoms with Crippen molar-refractivity contribution in [2.45, 2.75) is 31.6 Å². The first-order valence-corrected chi connectivity index (χ1v) is 7.13. The van der Waals surface area contributed by atoms with E-state index < -0.39 is 10.0 Å². The number of rotatable bonds is 6. The van der Waals surface area contributed by atoms with E-state index >= 15 is 0 Å². The van der Waals surface area contributed by atoms with E-state index in [0.717, 1.165) is 12.8 Å². The molecule has 1 rings (SSSR count). The van der Waals surface area contributed by atoms with Crippen molar-refractivity contribution in [1.82, 2.24) is 4.72 Å². The van der Waals surface area contributed by atoms with Gasteiger partial charge in [-0.15, -0.1) is 0 Å². The largest absolute Gasteiger partial charge is 0.240 e. The van der Waals surface area contributed by atoms with Gasteiger partial charge in [0.1, 0.15) is 0 Å². The van der Waals surface area contributed by atoms with Crippen LogP contribution in [0.3, 0.4) is 0 Å². The first-order chi connectivity index (χ1) is 7.60. The van der Waals surface area contributed by atoms with Crippen LogP contribution >= 0.6 is 0 Å². The Kier molecular flexibility index (Phi) is 4.96. The quantitative estimate of drug-likeness (QED) is 0.831. The average Bonchev–Trinajstić information content (AvgIpc) is 2.31. The van der Waals surface area contributed by atoms with Crippen molar-refractivity contribution in [1.29, 1.82) is 0 Å². The van der Waals surface area contributed by atoms with Gasteiger partial charge in [-0.25, -0.2) is 13.1 Å². The first-order valence-electron chi connectivity index (χ1n) is 5.64. The normalized spacial score (nSPS) is 11.9. The molecule has 0 aliphatic carbocycles. The third-order valence-corrected chi connectivity index (χ3v) is 4.21. The number of hydrogen-bond acceptors (Lipinski definition) is 2. The van der Waals surface area contributed by atoms with Crippen LogP contribution < -0.4 is 4.72 Å². The molecule has 0 atom stereocenters. The van der Waals surface area contributed by atoms with Crippen LogP contribution in [0.15, 0.2) is 35.2 Å². The minimum absolute atomic E-state index is 0.334. The Labute approximate surface area is 97.9 Å². The highest BCUT2D eigenvalue weighted by atomic mass is 32.2. The summed E-state index contributed by atoms with van der Waals surface area (Å²) in [5, 5.41) is 0. The topological polar surface area (TPSA) is 46.2 Å². The van der Waals surface area contributed by atoms with Gasteiger partial charge in [0.05, 0.1) is 4.90 Å². The Bertz CT molecular complexity index is 396. The summed E-state index contributed by atoms with van der Waals surface area (Å²) in [5.41, 5.74) is 0. The fourth-order valence-electron chi connectivity index (χ4n) is 1.49. The van der Waals surface area contributed by atoms with Gasteiger partial charge in [-0.2, -0.15) is 0 Å². The van der Waals surface area contributed by atoms with Gasteiger partial charge in [-0.3, -0.25) is 0 Å². The molecule has 4 heteroatoms. The van der Waals surface area contributed by atoms with Crippen LogP contribution in [-0.4, -0.2) is 15.0 Å². The molecule has 0 aromatic heterocycles. The van der Waals surface area contributed by atoms with E-state index in [1.54, 1.807) is 30.3 Å². The molecule has 3 nitrogen and oxygen atoms in total. The van der Waals surface area contributed by atoms with Crippen LogP contribution in [0.4, 0.5) is 0 Å². The molecule has 0 amide bonds. The van der Waals surface area contributed by atoms with Crippen LogP contribution in [-0.2, 0) is 10.0 Å². The van der Waals surface area contributed by atoms with E-state index in [0.29, 0.717) is 17.4 Å². The van der Waals surface area contributed by atoms with Crippen LogP contribution in [0.2, 0.25) is 0 Å². The summed E-state index contributed by atoms with van der Waals surface area (Å²) in [4.78, 5) is 0.334. The lowest BCUT2D eigenvalue weighted by molar-refractivity contribution is 0.479. The molecule has 1 aromatic rings. The SMILES string of the molecule is CCC(CC)CNS(=O)(=O)c1ccccc1. The maximum atomic E-state index is 11.9. The second kappa shape index (κ2) is 6.01. The fraction of sp³-hybridized carbons (Fsp3) is 0.500. The summed E-state index contributed by atoms with van der Waals surface area (Å²) in [6.07, 6.45) is 1.99. The summed E-state index contributed by atoms with van der Waals surface area (Å²) in [6.45, 7) is 4.67. The van der Waals surface area contributed by atoms with Crippen LogP contribution in [0.1, 0.15) is 26.7 Å². The van der Waals surface area contributed by atoms with E-state index in [1.165, 1.54) is 0 Å². The minimum atomic E-state index is -3.33. The summed E-state index contributed by atoms with van der Waals surface area (Å²) < 4.78 is 26.4.